The van der Waals surface area contributed by atoms with Gasteiger partial charge in [0.1, 0.15) is 0 Å². The van der Waals surface area contributed by atoms with E-state index < -0.39 is 0 Å². The molecule has 1 aromatic carbocycles. The standard InChI is InChI=1S/C17H22N2/c18-16(11-13-5-2-1-3-6-13)14-8-9-17-15(12-14)7-4-10-19-17/h4,7-10,12-13,16H,1-3,5-6,11,18H2. The first-order valence-corrected chi connectivity index (χ1v) is 7.43. The number of benzene rings is 1. The molecule has 0 radical (unpaired) electrons. The second-order valence-electron chi connectivity index (χ2n) is 5.80. The quantitative estimate of drug-likeness (QED) is 0.891. The zero-order chi connectivity index (χ0) is 13.1. The highest BCUT2D eigenvalue weighted by atomic mass is 14.7. The maximum absolute atomic E-state index is 6.40. The van der Waals surface area contributed by atoms with Crippen LogP contribution in [0.1, 0.15) is 50.1 Å². The number of nitrogens with two attached hydrogens (primary N) is 1. The van der Waals surface area contributed by atoms with Crippen LogP contribution in [-0.4, -0.2) is 4.98 Å². The largest absolute Gasteiger partial charge is 0.324 e. The van der Waals surface area contributed by atoms with Gasteiger partial charge in [0.15, 0.2) is 0 Å². The van der Waals surface area contributed by atoms with Crippen molar-refractivity contribution in [3.63, 3.8) is 0 Å². The highest BCUT2D eigenvalue weighted by molar-refractivity contribution is 5.79. The SMILES string of the molecule is NC(CC1CCCCC1)c1ccc2ncccc2c1. The minimum absolute atomic E-state index is 0.174. The first-order valence-electron chi connectivity index (χ1n) is 7.43. The van der Waals surface area contributed by atoms with E-state index in [4.69, 9.17) is 5.73 Å². The topological polar surface area (TPSA) is 38.9 Å². The van der Waals surface area contributed by atoms with Gasteiger partial charge in [0, 0.05) is 17.6 Å². The molecule has 2 nitrogen and oxygen atoms in total. The summed E-state index contributed by atoms with van der Waals surface area (Å²) in [6, 6.07) is 10.7. The van der Waals surface area contributed by atoms with Crippen molar-refractivity contribution >= 4 is 10.9 Å². The zero-order valence-electron chi connectivity index (χ0n) is 11.4. The van der Waals surface area contributed by atoms with Gasteiger partial charge < -0.3 is 5.73 Å². The number of rotatable bonds is 3. The van der Waals surface area contributed by atoms with E-state index in [0.717, 1.165) is 17.9 Å². The van der Waals surface area contributed by atoms with Gasteiger partial charge >= 0.3 is 0 Å². The molecule has 0 aliphatic heterocycles. The van der Waals surface area contributed by atoms with Crippen LogP contribution in [0, 0.1) is 5.92 Å². The lowest BCUT2D eigenvalue weighted by Gasteiger charge is -2.24. The molecule has 19 heavy (non-hydrogen) atoms. The molecule has 1 aliphatic carbocycles. The van der Waals surface area contributed by atoms with Gasteiger partial charge in [-0.1, -0.05) is 44.2 Å². The molecule has 1 aromatic heterocycles. The van der Waals surface area contributed by atoms with Crippen molar-refractivity contribution in [1.29, 1.82) is 0 Å². The van der Waals surface area contributed by atoms with Crippen LogP contribution >= 0.6 is 0 Å². The van der Waals surface area contributed by atoms with Crippen LogP contribution in [0.15, 0.2) is 36.5 Å². The number of aromatic nitrogens is 1. The third-order valence-electron chi connectivity index (χ3n) is 4.37. The summed E-state index contributed by atoms with van der Waals surface area (Å²) in [6.45, 7) is 0. The minimum atomic E-state index is 0.174. The predicted octanol–water partition coefficient (Wildman–Crippen LogP) is 4.21. The highest BCUT2D eigenvalue weighted by Gasteiger charge is 2.17. The fraction of sp³-hybridized carbons (Fsp3) is 0.471. The van der Waals surface area contributed by atoms with Crippen molar-refractivity contribution in [2.24, 2.45) is 11.7 Å². The van der Waals surface area contributed by atoms with Crippen LogP contribution in [0.25, 0.3) is 10.9 Å². The predicted molar refractivity (Wildman–Crippen MR) is 79.9 cm³/mol. The Labute approximate surface area is 115 Å². The maximum Gasteiger partial charge on any atom is 0.0702 e. The van der Waals surface area contributed by atoms with Crippen molar-refractivity contribution in [1.82, 2.24) is 4.98 Å². The van der Waals surface area contributed by atoms with Crippen LogP contribution in [0.3, 0.4) is 0 Å². The molecule has 3 rings (SSSR count). The zero-order valence-corrected chi connectivity index (χ0v) is 11.4. The average Bonchev–Trinajstić information content (AvgIpc) is 2.48. The average molecular weight is 254 g/mol. The Morgan fingerprint density at radius 3 is 2.84 bits per heavy atom. The van der Waals surface area contributed by atoms with Gasteiger partial charge in [0.25, 0.3) is 0 Å². The summed E-state index contributed by atoms with van der Waals surface area (Å²) >= 11 is 0. The Bertz CT molecular complexity index is 544. The van der Waals surface area contributed by atoms with Crippen molar-refractivity contribution < 1.29 is 0 Å². The maximum atomic E-state index is 6.40. The number of pyridine rings is 1. The summed E-state index contributed by atoms with van der Waals surface area (Å²) in [5.74, 6) is 0.827. The third-order valence-corrected chi connectivity index (χ3v) is 4.37. The van der Waals surface area contributed by atoms with E-state index in [2.05, 4.69) is 29.2 Å². The van der Waals surface area contributed by atoms with Gasteiger partial charge in [0.05, 0.1) is 5.52 Å². The summed E-state index contributed by atoms with van der Waals surface area (Å²) < 4.78 is 0. The number of hydrogen-bond acceptors (Lipinski definition) is 2. The van der Waals surface area contributed by atoms with Crippen LogP contribution in [0.5, 0.6) is 0 Å². The summed E-state index contributed by atoms with van der Waals surface area (Å²) in [7, 11) is 0. The minimum Gasteiger partial charge on any atom is -0.324 e. The normalized spacial score (nSPS) is 18.6. The fourth-order valence-corrected chi connectivity index (χ4v) is 3.24. The lowest BCUT2D eigenvalue weighted by molar-refractivity contribution is 0.319. The highest BCUT2D eigenvalue weighted by Crippen LogP contribution is 2.31. The molecule has 2 N–H and O–H groups in total. The Morgan fingerprint density at radius 1 is 1.16 bits per heavy atom. The molecule has 1 heterocycles. The number of hydrogen-bond donors (Lipinski definition) is 1. The molecular weight excluding hydrogens is 232 g/mol. The molecular formula is C17H22N2. The summed E-state index contributed by atoms with van der Waals surface area (Å²) in [5.41, 5.74) is 8.70. The third kappa shape index (κ3) is 2.95. The van der Waals surface area contributed by atoms with E-state index in [9.17, 15) is 0 Å². The first-order chi connectivity index (χ1) is 9.33. The van der Waals surface area contributed by atoms with E-state index in [1.165, 1.54) is 43.1 Å². The molecule has 1 aliphatic rings. The van der Waals surface area contributed by atoms with Crippen LogP contribution < -0.4 is 5.73 Å². The Hall–Kier alpha value is -1.41. The van der Waals surface area contributed by atoms with E-state index in [1.807, 2.05) is 12.3 Å². The Kier molecular flexibility index (Phi) is 3.79. The van der Waals surface area contributed by atoms with Crippen molar-refractivity contribution in [3.05, 3.63) is 42.1 Å². The fourth-order valence-electron chi connectivity index (χ4n) is 3.24. The molecule has 0 amide bonds. The van der Waals surface area contributed by atoms with E-state index in [-0.39, 0.29) is 6.04 Å². The van der Waals surface area contributed by atoms with Crippen LogP contribution in [0.4, 0.5) is 0 Å². The molecule has 2 aromatic rings. The summed E-state index contributed by atoms with van der Waals surface area (Å²) in [6.07, 6.45) is 9.88. The van der Waals surface area contributed by atoms with E-state index in [1.54, 1.807) is 0 Å². The van der Waals surface area contributed by atoms with E-state index >= 15 is 0 Å². The molecule has 100 valence electrons. The lowest BCUT2D eigenvalue weighted by Crippen LogP contribution is -2.17. The Morgan fingerprint density at radius 2 is 2.00 bits per heavy atom. The van der Waals surface area contributed by atoms with Crippen molar-refractivity contribution in [2.75, 3.05) is 0 Å². The molecule has 1 saturated carbocycles. The van der Waals surface area contributed by atoms with Gasteiger partial charge in [-0.05, 0) is 36.1 Å². The number of fused-ring (bicyclic) bond motifs is 1. The Balaban J connectivity index is 1.75. The molecule has 1 atom stereocenters. The molecule has 1 unspecified atom stereocenters. The first kappa shape index (κ1) is 12.6. The molecule has 1 fully saturated rings. The second kappa shape index (κ2) is 5.70. The summed E-state index contributed by atoms with van der Waals surface area (Å²) in [4.78, 5) is 4.36. The monoisotopic (exact) mass is 254 g/mol. The molecule has 0 bridgehead atoms. The molecule has 0 saturated heterocycles. The smallest absolute Gasteiger partial charge is 0.0702 e. The van der Waals surface area contributed by atoms with Crippen molar-refractivity contribution in [3.8, 4) is 0 Å². The second-order valence-corrected chi connectivity index (χ2v) is 5.80. The van der Waals surface area contributed by atoms with E-state index in [0.29, 0.717) is 0 Å². The molecule has 0 spiro atoms. The van der Waals surface area contributed by atoms with Crippen LogP contribution in [0.2, 0.25) is 0 Å². The van der Waals surface area contributed by atoms with Crippen LogP contribution in [-0.2, 0) is 0 Å². The van der Waals surface area contributed by atoms with Gasteiger partial charge in [-0.25, -0.2) is 0 Å². The van der Waals surface area contributed by atoms with Gasteiger partial charge in [0.2, 0.25) is 0 Å². The lowest BCUT2D eigenvalue weighted by atomic mass is 9.83. The van der Waals surface area contributed by atoms with Crippen molar-refractivity contribution in [2.45, 2.75) is 44.6 Å². The number of nitrogens with zero attached hydrogens (tertiary/aromatic N) is 1. The van der Waals surface area contributed by atoms with Gasteiger partial charge in [-0.3, -0.25) is 4.98 Å². The molecule has 2 heteroatoms. The summed E-state index contributed by atoms with van der Waals surface area (Å²) in [5, 5.41) is 1.19. The van der Waals surface area contributed by atoms with Gasteiger partial charge in [-0.15, -0.1) is 0 Å². The van der Waals surface area contributed by atoms with Gasteiger partial charge in [-0.2, -0.15) is 0 Å².